The molecule has 3 N–H and O–H groups in total. The van der Waals surface area contributed by atoms with Crippen molar-refractivity contribution in [1.29, 1.82) is 0 Å². The highest BCUT2D eigenvalue weighted by atomic mass is 79.9. The Bertz CT molecular complexity index is 539. The smallest absolute Gasteiger partial charge is 0.158 e. The van der Waals surface area contributed by atoms with Crippen LogP contribution in [0.4, 0.5) is 17.2 Å². The number of anilines is 3. The Balaban J connectivity index is 2.34. The minimum atomic E-state index is 0.245. The van der Waals surface area contributed by atoms with Crippen LogP contribution in [-0.4, -0.2) is 9.97 Å². The van der Waals surface area contributed by atoms with Crippen LogP contribution in [0.2, 0.25) is 5.15 Å². The first-order valence-corrected chi connectivity index (χ1v) is 6.03. The lowest BCUT2D eigenvalue weighted by Crippen LogP contribution is -2.01. The molecule has 1 aromatic carbocycles. The van der Waals surface area contributed by atoms with Gasteiger partial charge in [0, 0.05) is 10.2 Å². The van der Waals surface area contributed by atoms with Crippen LogP contribution < -0.4 is 11.1 Å². The fourth-order valence-electron chi connectivity index (χ4n) is 1.42. The Morgan fingerprint density at radius 1 is 1.29 bits per heavy atom. The summed E-state index contributed by atoms with van der Waals surface area (Å²) in [4.78, 5) is 7.84. The lowest BCUT2D eigenvalue weighted by atomic mass is 10.2. The molecule has 0 unspecified atom stereocenters. The van der Waals surface area contributed by atoms with E-state index in [1.54, 1.807) is 0 Å². The van der Waals surface area contributed by atoms with E-state index in [0.29, 0.717) is 11.5 Å². The molecule has 1 aromatic heterocycles. The van der Waals surface area contributed by atoms with E-state index < -0.39 is 0 Å². The minimum Gasteiger partial charge on any atom is -0.393 e. The van der Waals surface area contributed by atoms with E-state index >= 15 is 0 Å². The van der Waals surface area contributed by atoms with Gasteiger partial charge in [-0.2, -0.15) is 0 Å². The molecule has 1 heterocycles. The quantitative estimate of drug-likeness (QED) is 0.833. The van der Waals surface area contributed by atoms with Gasteiger partial charge in [0.2, 0.25) is 0 Å². The third-order valence-corrected chi connectivity index (χ3v) is 2.90. The number of nitrogen functional groups attached to an aromatic ring is 1. The van der Waals surface area contributed by atoms with Crippen LogP contribution in [0, 0.1) is 6.92 Å². The number of nitrogens with two attached hydrogens (primary N) is 1. The van der Waals surface area contributed by atoms with Gasteiger partial charge in [-0.15, -0.1) is 0 Å². The third-order valence-electron chi connectivity index (χ3n) is 2.14. The molecule has 0 atom stereocenters. The maximum atomic E-state index is 5.82. The van der Waals surface area contributed by atoms with Gasteiger partial charge >= 0.3 is 0 Å². The SMILES string of the molecule is Cc1cc(Br)cc(Nc2ncnc(Cl)c2N)c1. The van der Waals surface area contributed by atoms with Gasteiger partial charge in [-0.3, -0.25) is 0 Å². The largest absolute Gasteiger partial charge is 0.393 e. The van der Waals surface area contributed by atoms with Gasteiger partial charge in [-0.25, -0.2) is 9.97 Å². The van der Waals surface area contributed by atoms with Gasteiger partial charge in [0.15, 0.2) is 11.0 Å². The number of rotatable bonds is 2. The van der Waals surface area contributed by atoms with Gasteiger partial charge in [0.1, 0.15) is 12.0 Å². The average molecular weight is 314 g/mol. The number of hydrogen-bond donors (Lipinski definition) is 2. The Hall–Kier alpha value is -1.33. The number of nitrogens with one attached hydrogen (secondary N) is 1. The standard InChI is InChI=1S/C11H10BrClN4/c1-6-2-7(12)4-8(3-6)17-11-9(14)10(13)15-5-16-11/h2-5H,14H2,1H3,(H,15,16,17). The summed E-state index contributed by atoms with van der Waals surface area (Å²) in [5.41, 5.74) is 8.13. The van der Waals surface area contributed by atoms with Crippen molar-refractivity contribution in [2.45, 2.75) is 6.92 Å². The van der Waals surface area contributed by atoms with Crippen LogP contribution in [0.3, 0.4) is 0 Å². The maximum absolute atomic E-state index is 5.82. The first-order chi connectivity index (χ1) is 8.06. The highest BCUT2D eigenvalue weighted by Gasteiger charge is 2.06. The zero-order valence-corrected chi connectivity index (χ0v) is 11.4. The predicted molar refractivity (Wildman–Crippen MR) is 73.6 cm³/mol. The molecule has 0 aliphatic carbocycles. The predicted octanol–water partition coefficient (Wildman–Crippen LogP) is 3.53. The maximum Gasteiger partial charge on any atom is 0.158 e. The van der Waals surface area contributed by atoms with Gasteiger partial charge in [0.25, 0.3) is 0 Å². The minimum absolute atomic E-state index is 0.245. The molecule has 88 valence electrons. The molecule has 6 heteroatoms. The molecule has 0 aliphatic rings. The van der Waals surface area contributed by atoms with Crippen LogP contribution in [-0.2, 0) is 0 Å². The molecule has 0 bridgehead atoms. The molecule has 0 saturated heterocycles. The summed E-state index contributed by atoms with van der Waals surface area (Å²) in [5, 5.41) is 3.35. The molecule has 0 radical (unpaired) electrons. The summed E-state index contributed by atoms with van der Waals surface area (Å²) in [7, 11) is 0. The lowest BCUT2D eigenvalue weighted by Gasteiger charge is -2.09. The third kappa shape index (κ3) is 2.87. The average Bonchev–Trinajstić information content (AvgIpc) is 2.23. The van der Waals surface area contributed by atoms with Crippen LogP contribution in [0.5, 0.6) is 0 Å². The second-order valence-corrected chi connectivity index (χ2v) is 4.84. The Morgan fingerprint density at radius 3 is 2.76 bits per heavy atom. The van der Waals surface area contributed by atoms with Crippen LogP contribution in [0.15, 0.2) is 29.0 Å². The van der Waals surface area contributed by atoms with E-state index in [-0.39, 0.29) is 5.15 Å². The molecular formula is C11H10BrClN4. The second-order valence-electron chi connectivity index (χ2n) is 3.57. The van der Waals surface area contributed by atoms with Crippen LogP contribution in [0.1, 0.15) is 5.56 Å². The molecule has 17 heavy (non-hydrogen) atoms. The van der Waals surface area contributed by atoms with Crippen LogP contribution >= 0.6 is 27.5 Å². The van der Waals surface area contributed by atoms with Crippen molar-refractivity contribution in [2.75, 3.05) is 11.1 Å². The topological polar surface area (TPSA) is 63.8 Å². The molecule has 2 rings (SSSR count). The number of benzene rings is 1. The van der Waals surface area contributed by atoms with E-state index in [4.69, 9.17) is 17.3 Å². The molecule has 0 spiro atoms. The van der Waals surface area contributed by atoms with Gasteiger partial charge < -0.3 is 11.1 Å². The van der Waals surface area contributed by atoms with Crippen molar-refractivity contribution < 1.29 is 0 Å². The van der Waals surface area contributed by atoms with E-state index in [2.05, 4.69) is 31.2 Å². The zero-order valence-electron chi connectivity index (χ0n) is 9.04. The van der Waals surface area contributed by atoms with Crippen molar-refractivity contribution in [3.8, 4) is 0 Å². The highest BCUT2D eigenvalue weighted by Crippen LogP contribution is 2.27. The number of hydrogen-bond acceptors (Lipinski definition) is 4. The summed E-state index contributed by atoms with van der Waals surface area (Å²) in [6.45, 7) is 2.01. The molecule has 0 fully saturated rings. The molecule has 0 saturated carbocycles. The molecular weight excluding hydrogens is 304 g/mol. The van der Waals surface area contributed by atoms with Crippen LogP contribution in [0.25, 0.3) is 0 Å². The zero-order chi connectivity index (χ0) is 12.4. The van der Waals surface area contributed by atoms with Gasteiger partial charge in [-0.05, 0) is 30.7 Å². The lowest BCUT2D eigenvalue weighted by molar-refractivity contribution is 1.17. The summed E-state index contributed by atoms with van der Waals surface area (Å²) < 4.78 is 0.985. The van der Waals surface area contributed by atoms with Crippen molar-refractivity contribution >= 4 is 44.7 Å². The summed E-state index contributed by atoms with van der Waals surface area (Å²) in [6.07, 6.45) is 1.37. The Kier molecular flexibility index (Phi) is 3.49. The number of aromatic nitrogens is 2. The van der Waals surface area contributed by atoms with Crippen molar-refractivity contribution in [3.63, 3.8) is 0 Å². The molecule has 0 amide bonds. The Labute approximate surface area is 112 Å². The van der Waals surface area contributed by atoms with E-state index in [0.717, 1.165) is 15.7 Å². The van der Waals surface area contributed by atoms with E-state index in [1.807, 2.05) is 25.1 Å². The summed E-state index contributed by atoms with van der Waals surface area (Å²) in [6, 6.07) is 5.93. The molecule has 2 aromatic rings. The summed E-state index contributed by atoms with van der Waals surface area (Å²) >= 11 is 9.25. The number of aryl methyl sites for hydroxylation is 1. The van der Waals surface area contributed by atoms with Gasteiger partial charge in [0.05, 0.1) is 0 Å². The molecule has 0 aliphatic heterocycles. The van der Waals surface area contributed by atoms with Crippen molar-refractivity contribution in [1.82, 2.24) is 9.97 Å². The summed E-state index contributed by atoms with van der Waals surface area (Å²) in [5.74, 6) is 0.502. The fourth-order valence-corrected chi connectivity index (χ4v) is 2.16. The second kappa shape index (κ2) is 4.89. The van der Waals surface area contributed by atoms with Gasteiger partial charge in [-0.1, -0.05) is 27.5 Å². The number of halogens is 2. The monoisotopic (exact) mass is 312 g/mol. The number of nitrogens with zero attached hydrogens (tertiary/aromatic N) is 2. The first kappa shape index (κ1) is 12.1. The van der Waals surface area contributed by atoms with Crippen molar-refractivity contribution in [2.24, 2.45) is 0 Å². The normalized spacial score (nSPS) is 10.3. The van der Waals surface area contributed by atoms with Crippen molar-refractivity contribution in [3.05, 3.63) is 39.7 Å². The Morgan fingerprint density at radius 2 is 2.06 bits per heavy atom. The first-order valence-electron chi connectivity index (χ1n) is 4.86. The molecule has 4 nitrogen and oxygen atoms in total. The fraction of sp³-hybridized carbons (Fsp3) is 0.0909. The highest BCUT2D eigenvalue weighted by molar-refractivity contribution is 9.10. The van der Waals surface area contributed by atoms with E-state index in [9.17, 15) is 0 Å². The van der Waals surface area contributed by atoms with E-state index in [1.165, 1.54) is 6.33 Å².